The third-order valence-electron chi connectivity index (χ3n) is 5.99. The largest absolute Gasteiger partial charge is 0.471 e. The number of ether oxygens (including phenoxy) is 1. The van der Waals surface area contributed by atoms with Gasteiger partial charge >= 0.3 is 0 Å². The Morgan fingerprint density at radius 1 is 0.971 bits per heavy atom. The molecular formula is C26H30Cl2N4O2. The fourth-order valence-electron chi connectivity index (χ4n) is 3.91. The summed E-state index contributed by atoms with van der Waals surface area (Å²) in [5.41, 5.74) is 2.90. The van der Waals surface area contributed by atoms with E-state index in [-0.39, 0.29) is 18.1 Å². The second-order valence-corrected chi connectivity index (χ2v) is 10.4. The van der Waals surface area contributed by atoms with Crippen molar-refractivity contribution in [3.8, 4) is 5.75 Å². The number of nitrogens with zero attached hydrogens (tertiary/aromatic N) is 4. The van der Waals surface area contributed by atoms with E-state index in [9.17, 15) is 4.79 Å². The molecule has 0 bridgehead atoms. The summed E-state index contributed by atoms with van der Waals surface area (Å²) >= 11 is 12.1. The van der Waals surface area contributed by atoms with Crippen molar-refractivity contribution in [1.29, 1.82) is 0 Å². The number of hydrogen-bond donors (Lipinski definition) is 0. The molecule has 1 aliphatic rings. The van der Waals surface area contributed by atoms with Crippen molar-refractivity contribution >= 4 is 29.1 Å². The summed E-state index contributed by atoms with van der Waals surface area (Å²) in [4.78, 5) is 17.1. The van der Waals surface area contributed by atoms with Crippen LogP contribution in [0.2, 0.25) is 10.0 Å². The summed E-state index contributed by atoms with van der Waals surface area (Å²) in [7, 11) is 0. The van der Waals surface area contributed by atoms with E-state index in [2.05, 4.69) is 42.9 Å². The van der Waals surface area contributed by atoms with Crippen LogP contribution in [0.25, 0.3) is 0 Å². The first-order valence-corrected chi connectivity index (χ1v) is 12.2. The van der Waals surface area contributed by atoms with Gasteiger partial charge < -0.3 is 9.64 Å². The first kappa shape index (κ1) is 24.6. The van der Waals surface area contributed by atoms with Crippen molar-refractivity contribution in [3.05, 3.63) is 81.6 Å². The van der Waals surface area contributed by atoms with Gasteiger partial charge in [0.25, 0.3) is 5.91 Å². The highest BCUT2D eigenvalue weighted by Crippen LogP contribution is 2.25. The van der Waals surface area contributed by atoms with Gasteiger partial charge in [0.05, 0.1) is 10.0 Å². The van der Waals surface area contributed by atoms with Crippen molar-refractivity contribution in [2.24, 2.45) is 0 Å². The van der Waals surface area contributed by atoms with Crippen LogP contribution in [-0.2, 0) is 18.7 Å². The maximum Gasteiger partial charge on any atom is 0.274 e. The molecule has 0 saturated carbocycles. The summed E-state index contributed by atoms with van der Waals surface area (Å²) in [6.07, 6.45) is 1.78. The summed E-state index contributed by atoms with van der Waals surface area (Å²) < 4.78 is 7.48. The summed E-state index contributed by atoms with van der Waals surface area (Å²) in [5.74, 6) is 0.719. The Bertz CT molecular complexity index is 1130. The first-order valence-electron chi connectivity index (χ1n) is 11.4. The molecule has 1 aromatic heterocycles. The highest BCUT2D eigenvalue weighted by atomic mass is 35.5. The van der Waals surface area contributed by atoms with E-state index in [1.165, 1.54) is 5.56 Å². The van der Waals surface area contributed by atoms with Crippen molar-refractivity contribution in [2.75, 3.05) is 26.2 Å². The van der Waals surface area contributed by atoms with Gasteiger partial charge in [0, 0.05) is 38.9 Å². The molecule has 0 unspecified atom stereocenters. The van der Waals surface area contributed by atoms with Gasteiger partial charge in [0.15, 0.2) is 12.4 Å². The number of benzene rings is 2. The van der Waals surface area contributed by atoms with E-state index in [4.69, 9.17) is 27.9 Å². The van der Waals surface area contributed by atoms with Crippen LogP contribution in [0.3, 0.4) is 0 Å². The molecule has 8 heteroatoms. The zero-order valence-corrected chi connectivity index (χ0v) is 21.3. The number of carbonyl (C=O) groups excluding carboxylic acids is 1. The molecule has 0 spiro atoms. The zero-order valence-electron chi connectivity index (χ0n) is 19.8. The molecule has 2 aromatic carbocycles. The highest BCUT2D eigenvalue weighted by Gasteiger charge is 2.24. The minimum atomic E-state index is -0.0533. The monoisotopic (exact) mass is 500 g/mol. The summed E-state index contributed by atoms with van der Waals surface area (Å²) in [5, 5.41) is 5.55. The predicted molar refractivity (Wildman–Crippen MR) is 136 cm³/mol. The Kier molecular flexibility index (Phi) is 7.51. The molecule has 0 atom stereocenters. The van der Waals surface area contributed by atoms with Gasteiger partial charge in [-0.2, -0.15) is 5.10 Å². The number of aromatic nitrogens is 2. The van der Waals surface area contributed by atoms with Crippen LogP contribution in [-0.4, -0.2) is 51.7 Å². The van der Waals surface area contributed by atoms with Crippen LogP contribution >= 0.6 is 23.2 Å². The third-order valence-corrected chi connectivity index (χ3v) is 6.73. The molecule has 34 heavy (non-hydrogen) atoms. The molecule has 1 saturated heterocycles. The topological polar surface area (TPSA) is 50.6 Å². The molecule has 1 aliphatic heterocycles. The van der Waals surface area contributed by atoms with Crippen molar-refractivity contribution < 1.29 is 9.53 Å². The number of piperazine rings is 1. The van der Waals surface area contributed by atoms with E-state index >= 15 is 0 Å². The molecule has 2 heterocycles. The van der Waals surface area contributed by atoms with Crippen LogP contribution in [0.15, 0.2) is 54.7 Å². The lowest BCUT2D eigenvalue weighted by atomic mass is 9.87. The van der Waals surface area contributed by atoms with Gasteiger partial charge in [-0.05, 0) is 46.9 Å². The van der Waals surface area contributed by atoms with Gasteiger partial charge in [0.1, 0.15) is 5.75 Å². The lowest BCUT2D eigenvalue weighted by Crippen LogP contribution is -2.48. The molecule has 4 rings (SSSR count). The van der Waals surface area contributed by atoms with E-state index in [1.54, 1.807) is 16.9 Å². The summed E-state index contributed by atoms with van der Waals surface area (Å²) in [6.45, 7) is 10.5. The van der Waals surface area contributed by atoms with Crippen molar-refractivity contribution in [1.82, 2.24) is 19.6 Å². The van der Waals surface area contributed by atoms with E-state index < -0.39 is 0 Å². The predicted octanol–water partition coefficient (Wildman–Crippen LogP) is 5.48. The Morgan fingerprint density at radius 3 is 2.32 bits per heavy atom. The maximum absolute atomic E-state index is 12.9. The molecule has 0 aliphatic carbocycles. The summed E-state index contributed by atoms with van der Waals surface area (Å²) in [6, 6.07) is 15.5. The van der Waals surface area contributed by atoms with Gasteiger partial charge in [-0.3, -0.25) is 9.69 Å². The third kappa shape index (κ3) is 6.12. The molecule has 1 amide bonds. The van der Waals surface area contributed by atoms with E-state index in [0.717, 1.165) is 30.9 Å². The first-order chi connectivity index (χ1) is 16.2. The van der Waals surface area contributed by atoms with Gasteiger partial charge in [-0.15, -0.1) is 0 Å². The fraction of sp³-hybridized carbons (Fsp3) is 0.385. The van der Waals surface area contributed by atoms with E-state index in [0.29, 0.717) is 28.8 Å². The number of carbonyl (C=O) groups is 1. The Hall–Kier alpha value is -2.54. The molecule has 3 aromatic rings. The van der Waals surface area contributed by atoms with Crippen molar-refractivity contribution in [3.63, 3.8) is 0 Å². The smallest absolute Gasteiger partial charge is 0.274 e. The number of amides is 1. The average Bonchev–Trinajstić information content (AvgIpc) is 3.29. The maximum atomic E-state index is 12.9. The Morgan fingerprint density at radius 2 is 1.68 bits per heavy atom. The zero-order chi connectivity index (χ0) is 24.3. The second kappa shape index (κ2) is 10.4. The SMILES string of the molecule is CC(C)(C)c1ccc(OCn2ccc(C(=O)N3CCN(Cc4ccc(Cl)c(Cl)c4)CC3)n2)cc1. The van der Waals surface area contributed by atoms with Crippen LogP contribution < -0.4 is 4.74 Å². The molecule has 1 fully saturated rings. The quantitative estimate of drug-likeness (QED) is 0.449. The number of halogens is 2. The van der Waals surface area contributed by atoms with Crippen LogP contribution in [0.4, 0.5) is 0 Å². The lowest BCUT2D eigenvalue weighted by Gasteiger charge is -2.34. The average molecular weight is 501 g/mol. The molecule has 0 N–H and O–H groups in total. The fourth-order valence-corrected chi connectivity index (χ4v) is 4.23. The Labute approximate surface area is 211 Å². The standard InChI is InChI=1S/C26H30Cl2N4O2/c1-26(2,3)20-5-7-21(8-6-20)34-18-32-11-10-24(29-32)25(33)31-14-12-30(13-15-31)17-19-4-9-22(27)23(28)16-19/h4-11,16H,12-15,17-18H2,1-3H3. The van der Waals surface area contributed by atoms with E-state index in [1.807, 2.05) is 35.2 Å². The molecule has 180 valence electrons. The molecule has 0 radical (unpaired) electrons. The second-order valence-electron chi connectivity index (χ2n) is 9.61. The minimum absolute atomic E-state index is 0.0533. The van der Waals surface area contributed by atoms with Crippen LogP contribution in [0, 0.1) is 0 Å². The number of rotatable bonds is 6. The molecular weight excluding hydrogens is 471 g/mol. The lowest BCUT2D eigenvalue weighted by molar-refractivity contribution is 0.0621. The minimum Gasteiger partial charge on any atom is -0.471 e. The normalized spacial score (nSPS) is 14.9. The van der Waals surface area contributed by atoms with Crippen molar-refractivity contribution in [2.45, 2.75) is 39.5 Å². The van der Waals surface area contributed by atoms with Crippen LogP contribution in [0.1, 0.15) is 42.4 Å². The van der Waals surface area contributed by atoms with Gasteiger partial charge in [0.2, 0.25) is 0 Å². The van der Waals surface area contributed by atoms with Crippen LogP contribution in [0.5, 0.6) is 5.75 Å². The number of hydrogen-bond acceptors (Lipinski definition) is 4. The highest BCUT2D eigenvalue weighted by molar-refractivity contribution is 6.42. The van der Waals surface area contributed by atoms with Gasteiger partial charge in [-0.25, -0.2) is 4.68 Å². The van der Waals surface area contributed by atoms with Gasteiger partial charge in [-0.1, -0.05) is 62.2 Å². The molecule has 6 nitrogen and oxygen atoms in total. The Balaban J connectivity index is 1.26.